The van der Waals surface area contributed by atoms with E-state index in [1.54, 1.807) is 0 Å². The van der Waals surface area contributed by atoms with E-state index in [9.17, 15) is 0 Å². The number of fused-ring (bicyclic) bond motifs is 2. The Morgan fingerprint density at radius 2 is 0.682 bits per heavy atom. The van der Waals surface area contributed by atoms with Crippen molar-refractivity contribution >= 4 is 43.1 Å². The van der Waals surface area contributed by atoms with Crippen molar-refractivity contribution in [3.63, 3.8) is 0 Å². The number of benzene rings is 5. The fraction of sp³-hybridized carbons (Fsp3) is 0. The second-order valence-corrected chi connectivity index (χ2v) is 5.42. The fourth-order valence-corrected chi connectivity index (χ4v) is 3.58. The smallest absolute Gasteiger partial charge is 0.00264 e. The lowest BCUT2D eigenvalue weighted by Gasteiger charge is -2.13. The normalized spacial score (nSPS) is 11.1. The monoisotopic (exact) mass is 280 g/mol. The van der Waals surface area contributed by atoms with Crippen LogP contribution >= 0.6 is 0 Å². The molecule has 5 rings (SSSR count). The van der Waals surface area contributed by atoms with E-state index in [4.69, 9.17) is 0 Å². The minimum Gasteiger partial charge on any atom is -0.106 e. The second-order valence-electron chi connectivity index (χ2n) is 5.42. The first kappa shape index (κ1) is 12.8. The molecule has 0 saturated heterocycles. The quantitative estimate of drug-likeness (QED) is 0.172. The van der Waals surface area contributed by atoms with Crippen molar-refractivity contribution in [1.29, 1.82) is 0 Å². The van der Waals surface area contributed by atoms with Crippen molar-refractivity contribution in [3.8, 4) is 0 Å². The van der Waals surface area contributed by atoms with Crippen LogP contribution in [0.3, 0.4) is 0 Å². The van der Waals surface area contributed by atoms with E-state index in [1.807, 2.05) is 0 Å². The molecule has 0 spiro atoms. The van der Waals surface area contributed by atoms with E-state index in [1.165, 1.54) is 43.1 Å². The molecule has 0 amide bonds. The largest absolute Gasteiger partial charge is 0.106 e. The Kier molecular flexibility index (Phi) is 2.83. The molecule has 0 aliphatic heterocycles. The van der Waals surface area contributed by atoms with Gasteiger partial charge in [-0.15, -0.1) is 13.2 Å². The average Bonchev–Trinajstić information content (AvgIpc) is 2.61. The molecular weight excluding hydrogens is 264 g/mol. The highest BCUT2D eigenvalue weighted by atomic mass is 14.1. The highest BCUT2D eigenvalue weighted by molar-refractivity contribution is 6.32. The summed E-state index contributed by atoms with van der Waals surface area (Å²) < 4.78 is 0. The van der Waals surface area contributed by atoms with Crippen LogP contribution in [0.5, 0.6) is 0 Å². The highest BCUT2D eigenvalue weighted by Gasteiger charge is 2.11. The first-order chi connectivity index (χ1) is 10.9. The maximum Gasteiger partial charge on any atom is -0.00264 e. The molecule has 104 valence electrons. The van der Waals surface area contributed by atoms with Gasteiger partial charge < -0.3 is 0 Å². The van der Waals surface area contributed by atoms with Crippen molar-refractivity contribution in [2.75, 3.05) is 0 Å². The zero-order valence-electron chi connectivity index (χ0n) is 12.3. The van der Waals surface area contributed by atoms with Gasteiger partial charge in [0.15, 0.2) is 0 Å². The van der Waals surface area contributed by atoms with Crippen LogP contribution in [-0.4, -0.2) is 0 Å². The summed E-state index contributed by atoms with van der Waals surface area (Å²) in [5.74, 6) is 0. The molecule has 0 bridgehead atoms. The summed E-state index contributed by atoms with van der Waals surface area (Å²) in [5, 5.41) is 10.9. The molecule has 0 fully saturated rings. The summed E-state index contributed by atoms with van der Waals surface area (Å²) >= 11 is 0. The Morgan fingerprint density at radius 3 is 0.955 bits per heavy atom. The van der Waals surface area contributed by atoms with E-state index in [-0.39, 0.29) is 0 Å². The molecule has 0 nitrogen and oxygen atoms in total. The third-order valence-electron chi connectivity index (χ3n) is 4.39. The van der Waals surface area contributed by atoms with Crippen LogP contribution in [0, 0.1) is 0 Å². The topological polar surface area (TPSA) is 0 Å². The predicted molar refractivity (Wildman–Crippen MR) is 98.9 cm³/mol. The van der Waals surface area contributed by atoms with E-state index in [0.29, 0.717) is 0 Å². The minimum absolute atomic E-state index is 1.33. The molecule has 22 heavy (non-hydrogen) atoms. The lowest BCUT2D eigenvalue weighted by molar-refractivity contribution is 1.78. The van der Waals surface area contributed by atoms with Crippen LogP contribution in [0.15, 0.2) is 86.0 Å². The highest BCUT2D eigenvalue weighted by Crippen LogP contribution is 2.39. The Labute approximate surface area is 129 Å². The average molecular weight is 280 g/mol. The van der Waals surface area contributed by atoms with Gasteiger partial charge in [-0.25, -0.2) is 0 Å². The molecule has 0 aliphatic carbocycles. The van der Waals surface area contributed by atoms with Gasteiger partial charge in [0.1, 0.15) is 0 Å². The Bertz CT molecular complexity index is 933. The van der Waals surface area contributed by atoms with Gasteiger partial charge in [-0.2, -0.15) is 0 Å². The van der Waals surface area contributed by atoms with Gasteiger partial charge in [-0.3, -0.25) is 0 Å². The number of hydrogen-bond donors (Lipinski definition) is 0. The first-order valence-corrected chi connectivity index (χ1v) is 7.48. The van der Waals surface area contributed by atoms with Crippen LogP contribution in [-0.2, 0) is 0 Å². The third kappa shape index (κ3) is 1.58. The van der Waals surface area contributed by atoms with Crippen molar-refractivity contribution in [2.24, 2.45) is 0 Å². The second kappa shape index (κ2) is 4.85. The first-order valence-electron chi connectivity index (χ1n) is 7.48. The van der Waals surface area contributed by atoms with Gasteiger partial charge in [0.05, 0.1) is 0 Å². The fourth-order valence-electron chi connectivity index (χ4n) is 3.58. The van der Waals surface area contributed by atoms with E-state index < -0.39 is 0 Å². The van der Waals surface area contributed by atoms with Crippen molar-refractivity contribution in [2.45, 2.75) is 0 Å². The number of rotatable bonds is 0. The molecule has 0 N–H and O–H groups in total. The maximum atomic E-state index is 3.00. The summed E-state index contributed by atoms with van der Waals surface area (Å²) in [7, 11) is 0. The zero-order valence-corrected chi connectivity index (χ0v) is 12.3. The van der Waals surface area contributed by atoms with Gasteiger partial charge in [0, 0.05) is 0 Å². The molecule has 0 aromatic heterocycles. The van der Waals surface area contributed by atoms with Gasteiger partial charge in [0.25, 0.3) is 0 Å². The Hall–Kier alpha value is -2.86. The van der Waals surface area contributed by atoms with Crippen LogP contribution in [0.25, 0.3) is 43.1 Å². The summed E-state index contributed by atoms with van der Waals surface area (Å²) in [5.41, 5.74) is 0. The van der Waals surface area contributed by atoms with E-state index in [0.717, 1.165) is 0 Å². The van der Waals surface area contributed by atoms with Crippen LogP contribution < -0.4 is 0 Å². The Morgan fingerprint density at radius 1 is 0.409 bits per heavy atom. The predicted octanol–water partition coefficient (Wildman–Crippen LogP) is 6.54. The van der Waals surface area contributed by atoms with Crippen molar-refractivity contribution < 1.29 is 0 Å². The summed E-state index contributed by atoms with van der Waals surface area (Å²) in [6.45, 7) is 6.00. The van der Waals surface area contributed by atoms with Gasteiger partial charge in [-0.1, -0.05) is 72.8 Å². The summed E-state index contributed by atoms with van der Waals surface area (Å²) in [4.78, 5) is 0. The lowest BCUT2D eigenvalue weighted by Crippen LogP contribution is -1.85. The molecule has 0 saturated carbocycles. The molecule has 0 radical (unpaired) electrons. The summed E-state index contributed by atoms with van der Waals surface area (Å²) in [6, 6.07) is 26.4. The van der Waals surface area contributed by atoms with Gasteiger partial charge in [0.2, 0.25) is 0 Å². The Balaban J connectivity index is 0.000000602. The number of hydrogen-bond acceptors (Lipinski definition) is 0. The molecular formula is C22H16. The zero-order chi connectivity index (χ0) is 15.1. The van der Waals surface area contributed by atoms with Crippen molar-refractivity contribution in [1.82, 2.24) is 0 Å². The molecule has 0 unspecified atom stereocenters. The van der Waals surface area contributed by atoms with Gasteiger partial charge >= 0.3 is 0 Å². The van der Waals surface area contributed by atoms with Crippen LogP contribution in [0.1, 0.15) is 0 Å². The van der Waals surface area contributed by atoms with E-state index in [2.05, 4.69) is 86.0 Å². The third-order valence-corrected chi connectivity index (χ3v) is 4.39. The van der Waals surface area contributed by atoms with Crippen molar-refractivity contribution in [3.05, 3.63) is 86.0 Å². The molecule has 0 heteroatoms. The molecule has 0 atom stereocenters. The summed E-state index contributed by atoms with van der Waals surface area (Å²) in [6.07, 6.45) is 0. The minimum atomic E-state index is 1.33. The van der Waals surface area contributed by atoms with Crippen LogP contribution in [0.4, 0.5) is 0 Å². The molecule has 0 heterocycles. The van der Waals surface area contributed by atoms with Gasteiger partial charge in [-0.05, 0) is 43.1 Å². The molecule has 5 aromatic rings. The lowest BCUT2D eigenvalue weighted by atomic mass is 9.90. The molecule has 5 aromatic carbocycles. The molecule has 0 aliphatic rings. The standard InChI is InChI=1S/C20H12.C2H4/c1-5-13-6-2-11-17-18-12-4-8-14-7-3-10-16(20(14)18)15(9-1)19(13)17;1-2/h1-12H;1-2H2. The van der Waals surface area contributed by atoms with Crippen LogP contribution in [0.2, 0.25) is 0 Å². The maximum absolute atomic E-state index is 3.00. The SMILES string of the molecule is C=C.c1cc2cccc3c4cccc5cccc(c(c1)c23)c54. The van der Waals surface area contributed by atoms with E-state index >= 15 is 0 Å².